The summed E-state index contributed by atoms with van der Waals surface area (Å²) in [6.45, 7) is 1.75. The highest BCUT2D eigenvalue weighted by atomic mass is 16.2. The molecule has 0 spiro atoms. The van der Waals surface area contributed by atoms with Crippen LogP contribution in [0.15, 0.2) is 36.9 Å². The van der Waals surface area contributed by atoms with Gasteiger partial charge < -0.3 is 5.32 Å². The van der Waals surface area contributed by atoms with Crippen LogP contribution in [-0.2, 0) is 4.79 Å². The minimum Gasteiger partial charge on any atom is -0.325 e. The SMILES string of the molecule is CCC(=O)Nc1ccccc1C(=O)Nn1cnnc1. The number of anilines is 1. The molecule has 0 unspecified atom stereocenters. The van der Waals surface area contributed by atoms with Crippen LogP contribution in [0.2, 0.25) is 0 Å². The number of hydrogen-bond donors (Lipinski definition) is 2. The Morgan fingerprint density at radius 1 is 1.21 bits per heavy atom. The first-order valence-corrected chi connectivity index (χ1v) is 5.75. The van der Waals surface area contributed by atoms with Crippen LogP contribution in [0.5, 0.6) is 0 Å². The number of amides is 2. The second-order valence-corrected chi connectivity index (χ2v) is 3.76. The van der Waals surface area contributed by atoms with Crippen molar-refractivity contribution in [1.29, 1.82) is 0 Å². The molecule has 0 radical (unpaired) electrons. The van der Waals surface area contributed by atoms with Crippen LogP contribution >= 0.6 is 0 Å². The topological polar surface area (TPSA) is 88.9 Å². The molecule has 0 atom stereocenters. The van der Waals surface area contributed by atoms with Crippen LogP contribution in [0, 0.1) is 0 Å². The zero-order valence-corrected chi connectivity index (χ0v) is 10.3. The number of nitrogens with one attached hydrogen (secondary N) is 2. The lowest BCUT2D eigenvalue weighted by Crippen LogP contribution is -2.23. The number of nitrogens with zero attached hydrogens (tertiary/aromatic N) is 3. The van der Waals surface area contributed by atoms with Crippen molar-refractivity contribution in [1.82, 2.24) is 14.9 Å². The Labute approximate surface area is 109 Å². The quantitative estimate of drug-likeness (QED) is 0.857. The molecule has 7 heteroatoms. The maximum Gasteiger partial charge on any atom is 0.272 e. The Morgan fingerprint density at radius 3 is 2.58 bits per heavy atom. The number of aromatic nitrogens is 3. The van der Waals surface area contributed by atoms with E-state index in [2.05, 4.69) is 20.9 Å². The maximum atomic E-state index is 12.1. The molecule has 98 valence electrons. The van der Waals surface area contributed by atoms with Gasteiger partial charge in [-0.25, -0.2) is 4.68 Å². The first-order chi connectivity index (χ1) is 9.20. The lowest BCUT2D eigenvalue weighted by Gasteiger charge is -2.10. The van der Waals surface area contributed by atoms with Gasteiger partial charge in [0.1, 0.15) is 12.7 Å². The zero-order chi connectivity index (χ0) is 13.7. The molecule has 19 heavy (non-hydrogen) atoms. The first kappa shape index (κ1) is 12.7. The van der Waals surface area contributed by atoms with Crippen LogP contribution in [0.4, 0.5) is 5.69 Å². The lowest BCUT2D eigenvalue weighted by atomic mass is 10.1. The standard InChI is InChI=1S/C12H13N5O2/c1-2-11(18)15-10-6-4-3-5-9(10)12(19)16-17-7-13-14-8-17/h3-8H,2H2,1H3,(H,15,18)(H,16,19). The van der Waals surface area contributed by atoms with Gasteiger partial charge in [0.05, 0.1) is 11.3 Å². The van der Waals surface area contributed by atoms with E-state index in [-0.39, 0.29) is 11.8 Å². The van der Waals surface area contributed by atoms with E-state index in [1.807, 2.05) is 0 Å². The average molecular weight is 259 g/mol. The van der Waals surface area contributed by atoms with Crippen LogP contribution in [-0.4, -0.2) is 26.7 Å². The molecule has 0 saturated carbocycles. The van der Waals surface area contributed by atoms with Gasteiger partial charge in [0, 0.05) is 6.42 Å². The number of rotatable bonds is 4. The molecule has 0 aliphatic rings. The normalized spacial score (nSPS) is 9.95. The predicted octanol–water partition coefficient (Wildman–Crippen LogP) is 1.01. The Hall–Kier alpha value is -2.70. The van der Waals surface area contributed by atoms with E-state index in [1.165, 1.54) is 17.3 Å². The number of carbonyl (C=O) groups excluding carboxylic acids is 2. The van der Waals surface area contributed by atoms with Crippen molar-refractivity contribution >= 4 is 17.5 Å². The fourth-order valence-electron chi connectivity index (χ4n) is 1.46. The fraction of sp³-hybridized carbons (Fsp3) is 0.167. The van der Waals surface area contributed by atoms with Gasteiger partial charge in [-0.2, -0.15) is 0 Å². The monoisotopic (exact) mass is 259 g/mol. The summed E-state index contributed by atoms with van der Waals surface area (Å²) < 4.78 is 1.33. The van der Waals surface area contributed by atoms with Gasteiger partial charge in [-0.1, -0.05) is 19.1 Å². The highest BCUT2D eigenvalue weighted by Gasteiger charge is 2.12. The Morgan fingerprint density at radius 2 is 1.89 bits per heavy atom. The van der Waals surface area contributed by atoms with E-state index >= 15 is 0 Å². The van der Waals surface area contributed by atoms with Gasteiger partial charge in [0.25, 0.3) is 5.91 Å². The van der Waals surface area contributed by atoms with E-state index in [9.17, 15) is 9.59 Å². The third-order valence-electron chi connectivity index (χ3n) is 2.42. The van der Waals surface area contributed by atoms with E-state index < -0.39 is 0 Å². The first-order valence-electron chi connectivity index (χ1n) is 5.75. The van der Waals surface area contributed by atoms with Crippen LogP contribution < -0.4 is 10.7 Å². The molecule has 7 nitrogen and oxygen atoms in total. The summed E-state index contributed by atoms with van der Waals surface area (Å²) in [7, 11) is 0. The van der Waals surface area contributed by atoms with Gasteiger partial charge in [0.2, 0.25) is 5.91 Å². The summed E-state index contributed by atoms with van der Waals surface area (Å²) in [5.74, 6) is -0.503. The molecule has 0 fully saturated rings. The highest BCUT2D eigenvalue weighted by molar-refractivity contribution is 6.07. The summed E-state index contributed by atoms with van der Waals surface area (Å²) in [5, 5.41) is 9.84. The maximum absolute atomic E-state index is 12.1. The highest BCUT2D eigenvalue weighted by Crippen LogP contribution is 2.15. The summed E-state index contributed by atoms with van der Waals surface area (Å²) in [6.07, 6.45) is 3.08. The second kappa shape index (κ2) is 5.76. The van der Waals surface area contributed by atoms with E-state index in [0.717, 1.165) is 0 Å². The summed E-state index contributed by atoms with van der Waals surface area (Å²) in [6, 6.07) is 6.78. The molecule has 1 heterocycles. The van der Waals surface area contributed by atoms with Crippen molar-refractivity contribution in [3.63, 3.8) is 0 Å². The number of para-hydroxylation sites is 1. The number of carbonyl (C=O) groups is 2. The van der Waals surface area contributed by atoms with Gasteiger partial charge in [-0.15, -0.1) is 10.2 Å². The number of benzene rings is 1. The van der Waals surface area contributed by atoms with Crippen LogP contribution in [0.3, 0.4) is 0 Å². The van der Waals surface area contributed by atoms with Crippen molar-refractivity contribution in [2.75, 3.05) is 10.7 Å². The van der Waals surface area contributed by atoms with Gasteiger partial charge in [0.15, 0.2) is 0 Å². The third-order valence-corrected chi connectivity index (χ3v) is 2.42. The Balaban J connectivity index is 2.19. The number of hydrogen-bond acceptors (Lipinski definition) is 4. The molecule has 2 N–H and O–H groups in total. The Kier molecular flexibility index (Phi) is 3.87. The van der Waals surface area contributed by atoms with Crippen molar-refractivity contribution < 1.29 is 9.59 Å². The minimum absolute atomic E-state index is 0.149. The molecule has 0 aliphatic heterocycles. The van der Waals surface area contributed by atoms with E-state index in [4.69, 9.17) is 0 Å². The Bertz CT molecular complexity index is 580. The van der Waals surface area contributed by atoms with Gasteiger partial charge >= 0.3 is 0 Å². The predicted molar refractivity (Wildman–Crippen MR) is 69.1 cm³/mol. The molecule has 1 aromatic heterocycles. The smallest absolute Gasteiger partial charge is 0.272 e. The third kappa shape index (κ3) is 3.15. The van der Waals surface area contributed by atoms with E-state index in [1.54, 1.807) is 31.2 Å². The molecular weight excluding hydrogens is 246 g/mol. The molecule has 2 rings (SSSR count). The molecule has 2 aromatic rings. The summed E-state index contributed by atoms with van der Waals surface area (Å²) in [4.78, 5) is 23.5. The minimum atomic E-state index is -0.355. The molecular formula is C12H13N5O2. The second-order valence-electron chi connectivity index (χ2n) is 3.76. The van der Waals surface area contributed by atoms with Crippen LogP contribution in [0.25, 0.3) is 0 Å². The molecule has 1 aromatic carbocycles. The van der Waals surface area contributed by atoms with E-state index in [0.29, 0.717) is 17.7 Å². The van der Waals surface area contributed by atoms with Gasteiger partial charge in [-0.05, 0) is 12.1 Å². The average Bonchev–Trinajstić information content (AvgIpc) is 2.92. The largest absolute Gasteiger partial charge is 0.325 e. The van der Waals surface area contributed by atoms with Crippen LogP contribution in [0.1, 0.15) is 23.7 Å². The molecule has 0 bridgehead atoms. The zero-order valence-electron chi connectivity index (χ0n) is 10.3. The fourth-order valence-corrected chi connectivity index (χ4v) is 1.46. The van der Waals surface area contributed by atoms with Crippen molar-refractivity contribution in [3.8, 4) is 0 Å². The summed E-state index contributed by atoms with van der Waals surface area (Å²) in [5.41, 5.74) is 3.42. The van der Waals surface area contributed by atoms with Gasteiger partial charge in [-0.3, -0.25) is 15.0 Å². The molecule has 0 saturated heterocycles. The summed E-state index contributed by atoms with van der Waals surface area (Å²) >= 11 is 0. The van der Waals surface area contributed by atoms with Crippen molar-refractivity contribution in [2.24, 2.45) is 0 Å². The van der Waals surface area contributed by atoms with Crippen molar-refractivity contribution in [2.45, 2.75) is 13.3 Å². The molecule has 0 aliphatic carbocycles. The molecule has 2 amide bonds. The lowest BCUT2D eigenvalue weighted by molar-refractivity contribution is -0.115. The van der Waals surface area contributed by atoms with Crippen molar-refractivity contribution in [3.05, 3.63) is 42.5 Å².